The van der Waals surface area contributed by atoms with Gasteiger partial charge >= 0.3 is 5.56 Å². The number of aromatic nitrogens is 2. The zero-order valence-corrected chi connectivity index (χ0v) is 23.2. The molecule has 0 aliphatic heterocycles. The summed E-state index contributed by atoms with van der Waals surface area (Å²) < 4.78 is 23.6. The van der Waals surface area contributed by atoms with E-state index in [0.29, 0.717) is 57.8 Å². The van der Waals surface area contributed by atoms with Crippen LogP contribution in [0.4, 0.5) is 0 Å². The third-order valence-corrected chi connectivity index (χ3v) is 8.25. The molecule has 10 heteroatoms. The second kappa shape index (κ2) is 12.3. The first-order valence-corrected chi connectivity index (χ1v) is 14.0. The molecule has 0 N–H and O–H groups in total. The summed E-state index contributed by atoms with van der Waals surface area (Å²) in [6, 6.07) is 14.2. The van der Waals surface area contributed by atoms with Crippen LogP contribution in [0.15, 0.2) is 64.4 Å². The zero-order chi connectivity index (χ0) is 27.2. The van der Waals surface area contributed by atoms with Crippen molar-refractivity contribution in [3.05, 3.63) is 75.7 Å². The van der Waals surface area contributed by atoms with Gasteiger partial charge in [0.1, 0.15) is 23.4 Å². The highest BCUT2D eigenvalue weighted by Crippen LogP contribution is 2.40. The van der Waals surface area contributed by atoms with Crippen molar-refractivity contribution in [1.29, 1.82) is 0 Å². The molecule has 0 amide bonds. The van der Waals surface area contributed by atoms with E-state index in [4.69, 9.17) is 30.5 Å². The molecule has 0 aliphatic rings. The number of ether oxygens (including phenoxy) is 4. The van der Waals surface area contributed by atoms with Crippen LogP contribution in [-0.2, 0) is 17.4 Å². The first kappa shape index (κ1) is 27.5. The Hall–Kier alpha value is -3.56. The molecule has 0 bridgehead atoms. The highest BCUT2D eigenvalue weighted by molar-refractivity contribution is 7.96. The van der Waals surface area contributed by atoms with E-state index in [1.165, 1.54) is 0 Å². The predicted octanol–water partition coefficient (Wildman–Crippen LogP) is 4.27. The number of benzene rings is 2. The van der Waals surface area contributed by atoms with Crippen molar-refractivity contribution in [2.45, 2.75) is 17.9 Å². The monoisotopic (exact) mass is 556 g/mol. The molecule has 0 aliphatic carbocycles. The average Bonchev–Trinajstić information content (AvgIpc) is 2.93. The van der Waals surface area contributed by atoms with Crippen LogP contribution in [0.3, 0.4) is 0 Å². The highest BCUT2D eigenvalue weighted by atomic mass is 35.5. The Morgan fingerprint density at radius 1 is 1.03 bits per heavy atom. The van der Waals surface area contributed by atoms with Crippen LogP contribution in [0.5, 0.6) is 28.7 Å². The van der Waals surface area contributed by atoms with Gasteiger partial charge in [-0.1, -0.05) is 29.8 Å². The van der Waals surface area contributed by atoms with Gasteiger partial charge in [-0.15, -0.1) is 0 Å². The van der Waals surface area contributed by atoms with Gasteiger partial charge < -0.3 is 24.1 Å². The Morgan fingerprint density at radius 2 is 1.71 bits per heavy atom. The number of methoxy groups -OCH3 is 3. The van der Waals surface area contributed by atoms with Crippen molar-refractivity contribution in [3.63, 3.8) is 0 Å². The predicted molar refractivity (Wildman–Crippen MR) is 149 cm³/mol. The number of pyridine rings is 2. The number of nitrogens with zero attached hydrogens (tertiary/aromatic N) is 2. The quantitative estimate of drug-likeness (QED) is 0.201. The van der Waals surface area contributed by atoms with Crippen LogP contribution in [-0.4, -0.2) is 49.5 Å². The van der Waals surface area contributed by atoms with Crippen LogP contribution in [0.25, 0.3) is 11.0 Å². The molecule has 0 fully saturated rings. The molecule has 2 heterocycles. The molecule has 1 atom stereocenters. The van der Waals surface area contributed by atoms with Gasteiger partial charge in [-0.2, -0.15) is 0 Å². The minimum absolute atomic E-state index is 0.262. The summed E-state index contributed by atoms with van der Waals surface area (Å²) in [4.78, 5) is 18.2. The Balaban J connectivity index is 1.54. The number of hydrogen-bond acceptors (Lipinski definition) is 7. The van der Waals surface area contributed by atoms with Gasteiger partial charge in [-0.05, 0) is 29.5 Å². The molecule has 1 unspecified atom stereocenters. The van der Waals surface area contributed by atoms with Crippen molar-refractivity contribution in [2.75, 3.05) is 39.9 Å². The van der Waals surface area contributed by atoms with Gasteiger partial charge in [-0.25, -0.2) is 4.98 Å². The number of fused-ring (bicyclic) bond motifs is 1. The van der Waals surface area contributed by atoms with E-state index in [-0.39, 0.29) is 22.7 Å². The lowest BCUT2D eigenvalue weighted by Crippen LogP contribution is -2.30. The van der Waals surface area contributed by atoms with Crippen LogP contribution in [0.1, 0.15) is 12.0 Å². The Morgan fingerprint density at radius 3 is 2.34 bits per heavy atom. The second-order valence-corrected chi connectivity index (χ2v) is 11.0. The summed E-state index contributed by atoms with van der Waals surface area (Å²) in [6.45, 7) is 0.677. The van der Waals surface area contributed by atoms with Crippen LogP contribution in [0, 0.1) is 0 Å². The van der Waals surface area contributed by atoms with Gasteiger partial charge in [0.2, 0.25) is 10.6 Å². The van der Waals surface area contributed by atoms with E-state index < -0.39 is 10.9 Å². The Labute approximate surface area is 229 Å². The summed E-state index contributed by atoms with van der Waals surface area (Å²) in [5.74, 6) is 2.41. The summed E-state index contributed by atoms with van der Waals surface area (Å²) >= 11 is 6.02. The van der Waals surface area contributed by atoms with E-state index in [0.717, 1.165) is 5.56 Å². The maximum Gasteiger partial charge on any atom is 0.307 e. The standard InChI is InChI=1S/C28H29ClN2O6S/c1-34-22-15-20(16-23(35-2)25(22)36-3)37-13-6-14-38(4)26-24(32)21-7-5-12-30-27(21)31(28(26)33)17-18-8-10-19(29)11-9-18/h5,7-12,15-16H,6,13-14,17H2,1-4H3. The topological polar surface area (TPSA) is 94.9 Å². The first-order valence-electron chi connectivity index (χ1n) is 11.9. The first-order chi connectivity index (χ1) is 18.4. The molecule has 0 saturated heterocycles. The fourth-order valence-electron chi connectivity index (χ4n) is 4.16. The third-order valence-electron chi connectivity index (χ3n) is 6.04. The van der Waals surface area contributed by atoms with Gasteiger partial charge in [0, 0.05) is 46.1 Å². The van der Waals surface area contributed by atoms with Crippen molar-refractivity contribution in [1.82, 2.24) is 9.55 Å². The minimum Gasteiger partial charge on any atom is -0.868 e. The molecule has 0 saturated carbocycles. The molecule has 2 aromatic heterocycles. The lowest BCUT2D eigenvalue weighted by molar-refractivity contribution is -0.270. The second-order valence-electron chi connectivity index (χ2n) is 8.45. The number of hydrogen-bond donors (Lipinski definition) is 0. The SMILES string of the molecule is COc1cc(OCCC[S+](C)c2c([O-])c3cccnc3n(Cc3ccc(Cl)cc3)c2=O)cc(OC)c1OC. The largest absolute Gasteiger partial charge is 0.868 e. The third kappa shape index (κ3) is 5.79. The molecule has 4 rings (SSSR count). The lowest BCUT2D eigenvalue weighted by atomic mass is 10.2. The zero-order valence-electron chi connectivity index (χ0n) is 21.7. The Bertz CT molecular complexity index is 1450. The lowest BCUT2D eigenvalue weighted by Gasteiger charge is -2.18. The average molecular weight is 557 g/mol. The van der Waals surface area contributed by atoms with E-state index in [9.17, 15) is 9.90 Å². The van der Waals surface area contributed by atoms with Gasteiger partial charge in [0.15, 0.2) is 11.5 Å². The van der Waals surface area contributed by atoms with E-state index in [2.05, 4.69) is 4.98 Å². The molecular formula is C28H29ClN2O6S. The fourth-order valence-corrected chi connectivity index (χ4v) is 5.88. The minimum atomic E-state index is -0.604. The van der Waals surface area contributed by atoms with Gasteiger partial charge in [-0.3, -0.25) is 9.36 Å². The van der Waals surface area contributed by atoms with Crippen LogP contribution < -0.4 is 29.6 Å². The summed E-state index contributed by atoms with van der Waals surface area (Å²) in [5, 5.41) is 14.4. The summed E-state index contributed by atoms with van der Waals surface area (Å²) in [5.41, 5.74) is 0.958. The van der Waals surface area contributed by atoms with E-state index >= 15 is 0 Å². The molecule has 0 radical (unpaired) electrons. The van der Waals surface area contributed by atoms with Gasteiger partial charge in [0.05, 0.1) is 34.5 Å². The highest BCUT2D eigenvalue weighted by Gasteiger charge is 2.25. The molecule has 4 aromatic rings. The van der Waals surface area contributed by atoms with Crippen molar-refractivity contribution in [2.24, 2.45) is 0 Å². The van der Waals surface area contributed by atoms with E-state index in [1.807, 2.05) is 18.4 Å². The fraction of sp³-hybridized carbons (Fsp3) is 0.286. The van der Waals surface area contributed by atoms with Crippen molar-refractivity contribution >= 4 is 33.5 Å². The van der Waals surface area contributed by atoms with Gasteiger partial charge in [0.25, 0.3) is 0 Å². The summed E-state index contributed by atoms with van der Waals surface area (Å²) in [7, 11) is 4.03. The van der Waals surface area contributed by atoms with Crippen LogP contribution in [0.2, 0.25) is 5.02 Å². The van der Waals surface area contributed by atoms with E-state index in [1.54, 1.807) is 68.5 Å². The number of rotatable bonds is 11. The smallest absolute Gasteiger partial charge is 0.307 e. The molecule has 2 aromatic carbocycles. The molecule has 8 nitrogen and oxygen atoms in total. The maximum atomic E-state index is 13.6. The van der Waals surface area contributed by atoms with Crippen LogP contribution >= 0.6 is 11.6 Å². The molecule has 200 valence electrons. The number of halogens is 1. The molecular weight excluding hydrogens is 528 g/mol. The van der Waals surface area contributed by atoms with Crippen molar-refractivity contribution in [3.8, 4) is 28.7 Å². The molecule has 0 spiro atoms. The maximum absolute atomic E-state index is 13.6. The normalized spacial score (nSPS) is 11.8. The van der Waals surface area contributed by atoms with Crippen molar-refractivity contribution < 1.29 is 24.1 Å². The summed E-state index contributed by atoms with van der Waals surface area (Å²) in [6.07, 6.45) is 4.15. The Kier molecular flexibility index (Phi) is 8.91. The molecule has 38 heavy (non-hydrogen) atoms.